The molecule has 0 aliphatic carbocycles. The molecular formula is C16H18BrN5O4. The number of morpholine rings is 1. The molecule has 1 aliphatic rings. The molecule has 1 N–H and O–H groups in total. The second-order valence-electron chi connectivity index (χ2n) is 5.57. The number of hydrogen-bond donors (Lipinski definition) is 1. The van der Waals surface area contributed by atoms with E-state index in [9.17, 15) is 10.1 Å². The van der Waals surface area contributed by atoms with Crippen molar-refractivity contribution < 1.29 is 14.4 Å². The predicted octanol–water partition coefficient (Wildman–Crippen LogP) is 2.68. The third-order valence-corrected chi connectivity index (χ3v) is 4.35. The number of rotatable bonds is 7. The van der Waals surface area contributed by atoms with Crippen LogP contribution >= 0.6 is 15.9 Å². The maximum Gasteiger partial charge on any atom is 0.373 e. The summed E-state index contributed by atoms with van der Waals surface area (Å²) in [5, 5.41) is 14.5. The Morgan fingerprint density at radius 3 is 2.69 bits per heavy atom. The lowest BCUT2D eigenvalue weighted by Crippen LogP contribution is -2.39. The van der Waals surface area contributed by atoms with Crippen LogP contribution in [0.3, 0.4) is 0 Å². The summed E-state index contributed by atoms with van der Waals surface area (Å²) in [5.41, 5.74) is -0.280. The summed E-state index contributed by atoms with van der Waals surface area (Å²) < 4.78 is 11.8. The van der Waals surface area contributed by atoms with Crippen LogP contribution in [0.15, 0.2) is 35.1 Å². The van der Waals surface area contributed by atoms with E-state index < -0.39 is 4.92 Å². The summed E-state index contributed by atoms with van der Waals surface area (Å²) in [6.07, 6.45) is 1.25. The molecule has 0 saturated carbocycles. The van der Waals surface area contributed by atoms with Crippen molar-refractivity contribution in [3.63, 3.8) is 0 Å². The summed E-state index contributed by atoms with van der Waals surface area (Å²) in [5.74, 6) is 0.501. The lowest BCUT2D eigenvalue weighted by molar-refractivity contribution is -0.385. The Bertz CT molecular complexity index is 753. The van der Waals surface area contributed by atoms with Gasteiger partial charge in [-0.3, -0.25) is 15.0 Å². The van der Waals surface area contributed by atoms with E-state index in [0.29, 0.717) is 25.5 Å². The van der Waals surface area contributed by atoms with E-state index in [1.165, 1.54) is 6.33 Å². The molecule has 1 aliphatic heterocycles. The smallest absolute Gasteiger partial charge is 0.373 e. The quantitative estimate of drug-likeness (QED) is 0.535. The summed E-state index contributed by atoms with van der Waals surface area (Å²) in [4.78, 5) is 21.1. The standard InChI is InChI=1S/C16H18BrN5O4/c17-12-1-3-13(4-2-12)26-16-14(22(23)24)15(19-11-20-16)18-5-6-21-7-9-25-10-8-21/h1-4,11H,5-10H2,(H,18,19,20). The number of nitro groups is 1. The number of nitrogens with zero attached hydrogens (tertiary/aromatic N) is 4. The average Bonchev–Trinajstić information content (AvgIpc) is 2.64. The first-order valence-corrected chi connectivity index (χ1v) is 8.89. The van der Waals surface area contributed by atoms with E-state index in [0.717, 1.165) is 24.1 Å². The third-order valence-electron chi connectivity index (χ3n) is 3.82. The number of hydrogen-bond acceptors (Lipinski definition) is 8. The highest BCUT2D eigenvalue weighted by molar-refractivity contribution is 9.10. The molecule has 0 atom stereocenters. The molecule has 138 valence electrons. The van der Waals surface area contributed by atoms with E-state index >= 15 is 0 Å². The second kappa shape index (κ2) is 8.88. The van der Waals surface area contributed by atoms with E-state index in [1.54, 1.807) is 24.3 Å². The van der Waals surface area contributed by atoms with Crippen molar-refractivity contribution in [3.8, 4) is 11.6 Å². The molecule has 2 aromatic rings. The van der Waals surface area contributed by atoms with Crippen molar-refractivity contribution in [2.45, 2.75) is 0 Å². The molecule has 26 heavy (non-hydrogen) atoms. The van der Waals surface area contributed by atoms with Gasteiger partial charge in [0.05, 0.1) is 18.1 Å². The van der Waals surface area contributed by atoms with Crippen LogP contribution in [0.5, 0.6) is 11.6 Å². The Kier molecular flexibility index (Phi) is 6.31. The highest BCUT2D eigenvalue weighted by Gasteiger charge is 2.25. The van der Waals surface area contributed by atoms with E-state index in [-0.39, 0.29) is 17.4 Å². The summed E-state index contributed by atoms with van der Waals surface area (Å²) in [7, 11) is 0. The molecule has 3 rings (SSSR count). The van der Waals surface area contributed by atoms with Gasteiger partial charge in [0, 0.05) is 30.7 Å². The van der Waals surface area contributed by atoms with Gasteiger partial charge < -0.3 is 14.8 Å². The summed E-state index contributed by atoms with van der Waals surface area (Å²) in [6.45, 7) is 4.39. The maximum atomic E-state index is 11.5. The van der Waals surface area contributed by atoms with Crippen LogP contribution in [0.4, 0.5) is 11.5 Å². The number of nitrogens with one attached hydrogen (secondary N) is 1. The third kappa shape index (κ3) is 4.87. The minimum atomic E-state index is -0.536. The molecule has 1 aromatic heterocycles. The molecule has 2 heterocycles. The van der Waals surface area contributed by atoms with Crippen LogP contribution in [0.1, 0.15) is 0 Å². The van der Waals surface area contributed by atoms with Crippen molar-refractivity contribution >= 4 is 27.4 Å². The predicted molar refractivity (Wildman–Crippen MR) is 98.7 cm³/mol. The van der Waals surface area contributed by atoms with E-state index in [2.05, 4.69) is 36.1 Å². The second-order valence-corrected chi connectivity index (χ2v) is 6.49. The normalized spacial score (nSPS) is 14.8. The number of benzene rings is 1. The first-order chi connectivity index (χ1) is 12.6. The molecule has 0 radical (unpaired) electrons. The Hall–Kier alpha value is -2.30. The number of halogens is 1. The molecule has 1 fully saturated rings. The molecular weight excluding hydrogens is 406 g/mol. The van der Waals surface area contributed by atoms with Crippen molar-refractivity contribution in [2.24, 2.45) is 0 Å². The molecule has 0 spiro atoms. The van der Waals surface area contributed by atoms with Gasteiger partial charge in [-0.05, 0) is 24.3 Å². The molecule has 10 heteroatoms. The fourth-order valence-electron chi connectivity index (χ4n) is 2.50. The lowest BCUT2D eigenvalue weighted by Gasteiger charge is -2.26. The first-order valence-electron chi connectivity index (χ1n) is 8.10. The SMILES string of the molecule is O=[N+]([O-])c1c(NCCN2CCOCC2)ncnc1Oc1ccc(Br)cc1. The van der Waals surface area contributed by atoms with Gasteiger partial charge in [0.25, 0.3) is 0 Å². The van der Waals surface area contributed by atoms with Gasteiger partial charge in [0.1, 0.15) is 12.1 Å². The van der Waals surface area contributed by atoms with Gasteiger partial charge in [0.15, 0.2) is 0 Å². The zero-order chi connectivity index (χ0) is 18.4. The van der Waals surface area contributed by atoms with Gasteiger partial charge in [0.2, 0.25) is 5.82 Å². The van der Waals surface area contributed by atoms with E-state index in [4.69, 9.17) is 9.47 Å². The number of anilines is 1. The summed E-state index contributed by atoms with van der Waals surface area (Å²) >= 11 is 3.33. The Morgan fingerprint density at radius 1 is 1.27 bits per heavy atom. The van der Waals surface area contributed by atoms with Crippen LogP contribution in [-0.4, -0.2) is 59.2 Å². The van der Waals surface area contributed by atoms with Crippen LogP contribution in [0, 0.1) is 10.1 Å². The Labute approximate surface area is 158 Å². The van der Waals surface area contributed by atoms with Crippen molar-refractivity contribution in [1.29, 1.82) is 0 Å². The summed E-state index contributed by atoms with van der Waals surface area (Å²) in [6, 6.07) is 6.95. The van der Waals surface area contributed by atoms with Crippen molar-refractivity contribution in [1.82, 2.24) is 14.9 Å². The average molecular weight is 424 g/mol. The first kappa shape index (κ1) is 18.5. The molecule has 0 amide bonds. The highest BCUT2D eigenvalue weighted by atomic mass is 79.9. The lowest BCUT2D eigenvalue weighted by atomic mass is 10.3. The van der Waals surface area contributed by atoms with Crippen LogP contribution in [0.25, 0.3) is 0 Å². The van der Waals surface area contributed by atoms with Crippen LogP contribution < -0.4 is 10.1 Å². The van der Waals surface area contributed by atoms with Gasteiger partial charge in [-0.1, -0.05) is 15.9 Å². The fraction of sp³-hybridized carbons (Fsp3) is 0.375. The highest BCUT2D eigenvalue weighted by Crippen LogP contribution is 2.34. The minimum absolute atomic E-state index is 0.0961. The maximum absolute atomic E-state index is 11.5. The van der Waals surface area contributed by atoms with Crippen molar-refractivity contribution in [2.75, 3.05) is 44.7 Å². The van der Waals surface area contributed by atoms with Crippen molar-refractivity contribution in [3.05, 3.63) is 45.2 Å². The number of ether oxygens (including phenoxy) is 2. The Morgan fingerprint density at radius 2 is 2.00 bits per heavy atom. The zero-order valence-corrected chi connectivity index (χ0v) is 15.5. The van der Waals surface area contributed by atoms with Crippen LogP contribution in [0.2, 0.25) is 0 Å². The molecule has 0 bridgehead atoms. The van der Waals surface area contributed by atoms with Gasteiger partial charge in [-0.25, -0.2) is 4.98 Å². The number of aromatic nitrogens is 2. The van der Waals surface area contributed by atoms with Gasteiger partial charge >= 0.3 is 11.6 Å². The van der Waals surface area contributed by atoms with E-state index in [1.807, 2.05) is 0 Å². The molecule has 9 nitrogen and oxygen atoms in total. The largest absolute Gasteiger partial charge is 0.434 e. The van der Waals surface area contributed by atoms with Crippen LogP contribution in [-0.2, 0) is 4.74 Å². The van der Waals surface area contributed by atoms with Gasteiger partial charge in [-0.15, -0.1) is 0 Å². The molecule has 1 aromatic carbocycles. The minimum Gasteiger partial charge on any atom is -0.434 e. The van der Waals surface area contributed by atoms with Gasteiger partial charge in [-0.2, -0.15) is 4.98 Å². The molecule has 1 saturated heterocycles. The Balaban J connectivity index is 1.70. The fourth-order valence-corrected chi connectivity index (χ4v) is 2.77. The molecule has 0 unspecified atom stereocenters. The zero-order valence-electron chi connectivity index (χ0n) is 13.9. The monoisotopic (exact) mass is 423 g/mol. The topological polar surface area (TPSA) is 103 Å².